The number of aliphatic carboxylic acids is 2. The Bertz CT molecular complexity index is 389. The molecule has 0 unspecified atom stereocenters. The summed E-state index contributed by atoms with van der Waals surface area (Å²) in [6, 6.07) is 0. The summed E-state index contributed by atoms with van der Waals surface area (Å²) in [5, 5.41) is 21.8. The molecule has 0 aromatic carbocycles. The summed E-state index contributed by atoms with van der Waals surface area (Å²) in [6.07, 6.45) is 5.99. The van der Waals surface area contributed by atoms with Gasteiger partial charge in [0.2, 0.25) is 0 Å². The van der Waals surface area contributed by atoms with Gasteiger partial charge in [-0.15, -0.1) is 0 Å². The average molecular weight is 250 g/mol. The SMILES string of the molecule is CC(C)=CC/C=C1/CC[C@@H](C(=O)[O-])[C@@H](C(=O)[O-])C1. The van der Waals surface area contributed by atoms with Crippen molar-refractivity contribution in [1.82, 2.24) is 0 Å². The van der Waals surface area contributed by atoms with Crippen molar-refractivity contribution in [1.29, 1.82) is 0 Å². The predicted octanol–water partition coefficient (Wildman–Crippen LogP) is 0.185. The molecule has 1 saturated carbocycles. The van der Waals surface area contributed by atoms with Gasteiger partial charge >= 0.3 is 0 Å². The van der Waals surface area contributed by atoms with Crippen LogP contribution in [0.25, 0.3) is 0 Å². The Labute approximate surface area is 107 Å². The minimum absolute atomic E-state index is 0.261. The summed E-state index contributed by atoms with van der Waals surface area (Å²) in [5.74, 6) is -4.46. The van der Waals surface area contributed by atoms with Crippen LogP contribution in [-0.2, 0) is 9.59 Å². The first-order valence-corrected chi connectivity index (χ1v) is 6.14. The van der Waals surface area contributed by atoms with Gasteiger partial charge in [-0.05, 0) is 39.5 Å². The smallest absolute Gasteiger partial charge is 0.0455 e. The molecular weight excluding hydrogens is 232 g/mol. The highest BCUT2D eigenvalue weighted by atomic mass is 16.4. The van der Waals surface area contributed by atoms with Gasteiger partial charge in [-0.1, -0.05) is 23.3 Å². The third-order valence-corrected chi connectivity index (χ3v) is 3.28. The monoisotopic (exact) mass is 250 g/mol. The Hall–Kier alpha value is -1.58. The second kappa shape index (κ2) is 6.38. The van der Waals surface area contributed by atoms with Gasteiger partial charge in [-0.2, -0.15) is 0 Å². The number of carbonyl (C=O) groups excluding carboxylic acids is 2. The molecule has 0 aromatic heterocycles. The minimum Gasteiger partial charge on any atom is -0.550 e. The zero-order valence-corrected chi connectivity index (χ0v) is 10.8. The van der Waals surface area contributed by atoms with Crippen LogP contribution in [0.5, 0.6) is 0 Å². The molecule has 1 rings (SSSR count). The average Bonchev–Trinajstić information content (AvgIpc) is 2.28. The van der Waals surface area contributed by atoms with Gasteiger partial charge in [-0.3, -0.25) is 0 Å². The molecule has 0 heterocycles. The molecule has 4 nitrogen and oxygen atoms in total. The van der Waals surface area contributed by atoms with E-state index in [1.54, 1.807) is 0 Å². The van der Waals surface area contributed by atoms with E-state index < -0.39 is 23.8 Å². The van der Waals surface area contributed by atoms with E-state index in [-0.39, 0.29) is 6.42 Å². The van der Waals surface area contributed by atoms with Crippen molar-refractivity contribution >= 4 is 11.9 Å². The van der Waals surface area contributed by atoms with E-state index >= 15 is 0 Å². The number of hydrogen-bond donors (Lipinski definition) is 0. The molecule has 0 aromatic rings. The standard InChI is InChI=1S/C14H20O4/c1-9(2)4-3-5-10-6-7-11(13(15)16)12(8-10)14(17)18/h4-5,11-12H,3,6-8H2,1-2H3,(H,15,16)(H,17,18)/p-2/b10-5-/t11-,12+/m1/s1. The number of carbonyl (C=O) groups is 2. The lowest BCUT2D eigenvalue weighted by atomic mass is 9.76. The second-order valence-corrected chi connectivity index (χ2v) is 4.97. The summed E-state index contributed by atoms with van der Waals surface area (Å²) >= 11 is 0. The first kappa shape index (κ1) is 14.5. The van der Waals surface area contributed by atoms with E-state index in [4.69, 9.17) is 0 Å². The molecule has 1 aliphatic rings. The van der Waals surface area contributed by atoms with Gasteiger partial charge in [0.1, 0.15) is 0 Å². The highest BCUT2D eigenvalue weighted by Gasteiger charge is 2.29. The Morgan fingerprint density at radius 2 is 1.83 bits per heavy atom. The third-order valence-electron chi connectivity index (χ3n) is 3.28. The van der Waals surface area contributed by atoms with Gasteiger partial charge in [0, 0.05) is 23.8 Å². The lowest BCUT2D eigenvalue weighted by Crippen LogP contribution is -2.45. The fourth-order valence-corrected chi connectivity index (χ4v) is 2.25. The van der Waals surface area contributed by atoms with Crippen molar-refractivity contribution in [3.05, 3.63) is 23.3 Å². The highest BCUT2D eigenvalue weighted by molar-refractivity contribution is 5.78. The fourth-order valence-electron chi connectivity index (χ4n) is 2.25. The van der Waals surface area contributed by atoms with Crippen LogP contribution in [0.15, 0.2) is 23.3 Å². The Morgan fingerprint density at radius 1 is 1.22 bits per heavy atom. The zero-order chi connectivity index (χ0) is 13.7. The lowest BCUT2D eigenvalue weighted by molar-refractivity contribution is -0.327. The van der Waals surface area contributed by atoms with Crippen LogP contribution in [0.4, 0.5) is 0 Å². The quantitative estimate of drug-likeness (QED) is 0.667. The van der Waals surface area contributed by atoms with Crippen LogP contribution < -0.4 is 10.2 Å². The van der Waals surface area contributed by atoms with Crippen molar-refractivity contribution in [3.8, 4) is 0 Å². The summed E-state index contributed by atoms with van der Waals surface area (Å²) in [6.45, 7) is 3.99. The molecule has 2 atom stereocenters. The molecule has 0 spiro atoms. The van der Waals surface area contributed by atoms with Crippen molar-refractivity contribution in [2.75, 3.05) is 0 Å². The maximum Gasteiger partial charge on any atom is 0.0455 e. The van der Waals surface area contributed by atoms with Gasteiger partial charge in [0.05, 0.1) is 0 Å². The Morgan fingerprint density at radius 3 is 2.33 bits per heavy atom. The van der Waals surface area contributed by atoms with Gasteiger partial charge < -0.3 is 19.8 Å². The Balaban J connectivity index is 2.71. The van der Waals surface area contributed by atoms with Crippen LogP contribution in [0.3, 0.4) is 0 Å². The fraction of sp³-hybridized carbons (Fsp3) is 0.571. The Kier molecular flexibility index (Phi) is 5.13. The number of rotatable bonds is 4. The molecule has 1 fully saturated rings. The summed E-state index contributed by atoms with van der Waals surface area (Å²) < 4.78 is 0. The molecule has 1 aliphatic carbocycles. The largest absolute Gasteiger partial charge is 0.550 e. The van der Waals surface area contributed by atoms with Crippen molar-refractivity contribution in [2.45, 2.75) is 39.5 Å². The summed E-state index contributed by atoms with van der Waals surface area (Å²) in [5.41, 5.74) is 2.20. The molecule has 0 bridgehead atoms. The normalized spacial score (nSPS) is 25.8. The van der Waals surface area contributed by atoms with E-state index in [1.807, 2.05) is 26.0 Å². The summed E-state index contributed by atoms with van der Waals surface area (Å²) in [4.78, 5) is 21.8. The molecule has 100 valence electrons. The van der Waals surface area contributed by atoms with E-state index in [2.05, 4.69) is 0 Å². The first-order valence-electron chi connectivity index (χ1n) is 6.14. The molecular formula is C14H18O4-2. The van der Waals surface area contributed by atoms with Crippen LogP contribution in [0, 0.1) is 11.8 Å². The molecule has 18 heavy (non-hydrogen) atoms. The number of carboxylic acids is 2. The molecule has 0 aliphatic heterocycles. The second-order valence-electron chi connectivity index (χ2n) is 4.97. The van der Waals surface area contributed by atoms with Crippen LogP contribution in [-0.4, -0.2) is 11.9 Å². The van der Waals surface area contributed by atoms with Crippen molar-refractivity contribution in [3.63, 3.8) is 0 Å². The van der Waals surface area contributed by atoms with Crippen LogP contribution >= 0.6 is 0 Å². The van der Waals surface area contributed by atoms with Gasteiger partial charge in [0.25, 0.3) is 0 Å². The minimum atomic E-state index is -1.29. The van der Waals surface area contributed by atoms with E-state index in [9.17, 15) is 19.8 Å². The lowest BCUT2D eigenvalue weighted by Gasteiger charge is -2.34. The molecule has 4 heteroatoms. The molecule has 0 N–H and O–H groups in total. The third kappa shape index (κ3) is 4.02. The maximum absolute atomic E-state index is 11.0. The van der Waals surface area contributed by atoms with E-state index in [0.717, 1.165) is 12.0 Å². The maximum atomic E-state index is 11.0. The van der Waals surface area contributed by atoms with Crippen molar-refractivity contribution < 1.29 is 19.8 Å². The number of hydrogen-bond acceptors (Lipinski definition) is 4. The van der Waals surface area contributed by atoms with Crippen LogP contribution in [0.1, 0.15) is 39.5 Å². The highest BCUT2D eigenvalue weighted by Crippen LogP contribution is 2.33. The van der Waals surface area contributed by atoms with Gasteiger partial charge in [-0.25, -0.2) is 0 Å². The van der Waals surface area contributed by atoms with E-state index in [1.165, 1.54) is 5.57 Å². The molecule has 0 saturated heterocycles. The zero-order valence-electron chi connectivity index (χ0n) is 10.8. The van der Waals surface area contributed by atoms with Crippen molar-refractivity contribution in [2.24, 2.45) is 11.8 Å². The summed E-state index contributed by atoms with van der Waals surface area (Å²) in [7, 11) is 0. The predicted molar refractivity (Wildman–Crippen MR) is 63.0 cm³/mol. The first-order chi connectivity index (χ1) is 8.41. The van der Waals surface area contributed by atoms with Gasteiger partial charge in [0.15, 0.2) is 0 Å². The van der Waals surface area contributed by atoms with Crippen LogP contribution in [0.2, 0.25) is 0 Å². The topological polar surface area (TPSA) is 80.3 Å². The molecule has 0 radical (unpaired) electrons. The molecule has 0 amide bonds. The number of allylic oxidation sites excluding steroid dienone is 4. The van der Waals surface area contributed by atoms with E-state index in [0.29, 0.717) is 12.8 Å². The number of carboxylic acid groups (broad SMARTS) is 2.